The van der Waals surface area contributed by atoms with Gasteiger partial charge in [0.25, 0.3) is 0 Å². The van der Waals surface area contributed by atoms with Crippen LogP contribution in [0.4, 0.5) is 0 Å². The third-order valence-corrected chi connectivity index (χ3v) is 6.08. The number of para-hydroxylation sites is 1. The van der Waals surface area contributed by atoms with Gasteiger partial charge in [-0.1, -0.05) is 74.9 Å². The Bertz CT molecular complexity index is 1120. The lowest BCUT2D eigenvalue weighted by atomic mass is 9.73. The summed E-state index contributed by atoms with van der Waals surface area (Å²) in [5.74, 6) is 1.14. The van der Waals surface area contributed by atoms with Crippen LogP contribution in [0.2, 0.25) is 0 Å². The van der Waals surface area contributed by atoms with E-state index in [9.17, 15) is 15.3 Å². The Morgan fingerprint density at radius 1 is 0.588 bits per heavy atom. The van der Waals surface area contributed by atoms with E-state index in [1.54, 1.807) is 48.5 Å². The van der Waals surface area contributed by atoms with Gasteiger partial charge in [-0.2, -0.15) is 0 Å². The minimum Gasteiger partial charge on any atom is -0.508 e. The Hall–Kier alpha value is -3.92. The van der Waals surface area contributed by atoms with Crippen molar-refractivity contribution in [1.82, 2.24) is 0 Å². The summed E-state index contributed by atoms with van der Waals surface area (Å²) in [6.45, 7) is 4.37. The van der Waals surface area contributed by atoms with Gasteiger partial charge in [0.05, 0.1) is 0 Å². The smallest absolute Gasteiger partial charge is 0.119 e. The number of hydrogen-bond donors (Lipinski definition) is 4. The van der Waals surface area contributed by atoms with Crippen LogP contribution in [0.3, 0.4) is 0 Å². The molecule has 176 valence electrons. The van der Waals surface area contributed by atoms with E-state index in [1.807, 2.05) is 48.5 Å². The van der Waals surface area contributed by atoms with E-state index in [2.05, 4.69) is 13.8 Å². The molecule has 0 aliphatic carbocycles. The first-order chi connectivity index (χ1) is 16.3. The fourth-order valence-electron chi connectivity index (χ4n) is 4.11. The highest BCUT2D eigenvalue weighted by Crippen LogP contribution is 2.37. The number of rotatable bonds is 6. The molecule has 4 rings (SSSR count). The van der Waals surface area contributed by atoms with Crippen LogP contribution in [0.1, 0.15) is 48.9 Å². The third-order valence-electron chi connectivity index (χ3n) is 6.08. The van der Waals surface area contributed by atoms with Crippen LogP contribution in [-0.2, 0) is 11.8 Å². The van der Waals surface area contributed by atoms with Gasteiger partial charge < -0.3 is 20.4 Å². The van der Waals surface area contributed by atoms with Crippen molar-refractivity contribution in [3.8, 4) is 23.0 Å². The van der Waals surface area contributed by atoms with Crippen molar-refractivity contribution in [2.45, 2.75) is 38.5 Å². The highest BCUT2D eigenvalue weighted by molar-refractivity contribution is 5.42. The highest BCUT2D eigenvalue weighted by Gasteiger charge is 2.27. The lowest BCUT2D eigenvalue weighted by molar-refractivity contribution is 0.468. The van der Waals surface area contributed by atoms with Crippen LogP contribution < -0.4 is 0 Å². The Kier molecular flexibility index (Phi) is 8.20. The molecule has 0 spiro atoms. The number of phenols is 4. The summed E-state index contributed by atoms with van der Waals surface area (Å²) < 4.78 is 0. The molecule has 34 heavy (non-hydrogen) atoms. The van der Waals surface area contributed by atoms with Gasteiger partial charge in [-0.3, -0.25) is 0 Å². The number of phenolic OH excluding ortho intramolecular Hbond substituents is 4. The Morgan fingerprint density at radius 3 is 1.47 bits per heavy atom. The first-order valence-corrected chi connectivity index (χ1v) is 11.5. The second-order valence-electron chi connectivity index (χ2n) is 8.65. The van der Waals surface area contributed by atoms with Gasteiger partial charge in [0.15, 0.2) is 0 Å². The summed E-state index contributed by atoms with van der Waals surface area (Å²) in [5, 5.41) is 37.6. The zero-order valence-electron chi connectivity index (χ0n) is 19.6. The average Bonchev–Trinajstić information content (AvgIpc) is 2.83. The number of aromatic hydroxyl groups is 4. The summed E-state index contributed by atoms with van der Waals surface area (Å²) in [6.07, 6.45) is 2.76. The topological polar surface area (TPSA) is 80.9 Å². The zero-order chi connectivity index (χ0) is 24.6. The van der Waals surface area contributed by atoms with Gasteiger partial charge in [-0.05, 0) is 71.1 Å². The SMILES string of the molecule is CCCC(C)(c1ccc(O)cc1)c1ccc(O)cc1.Oc1ccc(Cc2ccccc2O)cc1. The normalized spacial score (nSPS) is 10.9. The standard InChI is InChI=1S/C17H20O2.C13H12O2/c1-3-12-17(2,13-4-8-15(18)9-5-13)14-6-10-16(19)11-7-14;14-12-7-5-10(6-8-12)9-11-3-1-2-4-13(11)15/h4-11,18-19H,3,12H2,1-2H3;1-8,14-15H,9H2. The second kappa shape index (κ2) is 11.3. The minimum atomic E-state index is -0.101. The van der Waals surface area contributed by atoms with Crippen LogP contribution in [-0.4, -0.2) is 20.4 Å². The highest BCUT2D eigenvalue weighted by atomic mass is 16.3. The molecule has 4 heteroatoms. The molecular weight excluding hydrogens is 424 g/mol. The average molecular weight is 457 g/mol. The van der Waals surface area contributed by atoms with E-state index in [4.69, 9.17) is 5.11 Å². The van der Waals surface area contributed by atoms with Gasteiger partial charge in [0.1, 0.15) is 23.0 Å². The molecule has 0 aromatic heterocycles. The molecule has 0 heterocycles. The largest absolute Gasteiger partial charge is 0.508 e. The molecule has 0 aliphatic rings. The first-order valence-electron chi connectivity index (χ1n) is 11.5. The third kappa shape index (κ3) is 6.32. The monoisotopic (exact) mass is 456 g/mol. The minimum absolute atomic E-state index is 0.101. The first kappa shape index (κ1) is 24.7. The summed E-state index contributed by atoms with van der Waals surface area (Å²) in [5.41, 5.74) is 4.21. The van der Waals surface area contributed by atoms with Crippen molar-refractivity contribution < 1.29 is 20.4 Å². The Balaban J connectivity index is 0.000000196. The van der Waals surface area contributed by atoms with Crippen molar-refractivity contribution in [1.29, 1.82) is 0 Å². The van der Waals surface area contributed by atoms with E-state index in [0.717, 1.165) is 24.0 Å². The Labute approximate surface area is 201 Å². The van der Waals surface area contributed by atoms with E-state index in [-0.39, 0.29) is 22.7 Å². The second-order valence-corrected chi connectivity index (χ2v) is 8.65. The summed E-state index contributed by atoms with van der Waals surface area (Å²) in [7, 11) is 0. The number of benzene rings is 4. The fourth-order valence-corrected chi connectivity index (χ4v) is 4.11. The molecule has 0 saturated carbocycles. The molecule has 4 N–H and O–H groups in total. The molecule has 0 unspecified atom stereocenters. The maximum absolute atomic E-state index is 9.58. The molecule has 0 saturated heterocycles. The maximum Gasteiger partial charge on any atom is 0.119 e. The van der Waals surface area contributed by atoms with Crippen molar-refractivity contribution in [3.63, 3.8) is 0 Å². The lowest BCUT2D eigenvalue weighted by Gasteiger charge is -2.31. The maximum atomic E-state index is 9.58. The van der Waals surface area contributed by atoms with Crippen molar-refractivity contribution in [2.24, 2.45) is 0 Å². The molecule has 4 aromatic carbocycles. The van der Waals surface area contributed by atoms with E-state index in [1.165, 1.54) is 11.1 Å². The quantitative estimate of drug-likeness (QED) is 0.255. The van der Waals surface area contributed by atoms with Crippen LogP contribution in [0.15, 0.2) is 97.1 Å². The van der Waals surface area contributed by atoms with Crippen molar-refractivity contribution >= 4 is 0 Å². The van der Waals surface area contributed by atoms with Crippen molar-refractivity contribution in [2.75, 3.05) is 0 Å². The van der Waals surface area contributed by atoms with Gasteiger partial charge in [-0.15, -0.1) is 0 Å². The van der Waals surface area contributed by atoms with Crippen molar-refractivity contribution in [3.05, 3.63) is 119 Å². The van der Waals surface area contributed by atoms with Gasteiger partial charge in [0.2, 0.25) is 0 Å². The molecule has 4 nitrogen and oxygen atoms in total. The predicted molar refractivity (Wildman–Crippen MR) is 137 cm³/mol. The molecular formula is C30H32O4. The van der Waals surface area contributed by atoms with Crippen LogP contribution >= 0.6 is 0 Å². The number of hydrogen-bond acceptors (Lipinski definition) is 4. The van der Waals surface area contributed by atoms with Gasteiger partial charge >= 0.3 is 0 Å². The zero-order valence-corrected chi connectivity index (χ0v) is 19.6. The summed E-state index contributed by atoms with van der Waals surface area (Å²) in [4.78, 5) is 0. The van der Waals surface area contributed by atoms with Crippen LogP contribution in [0.5, 0.6) is 23.0 Å². The van der Waals surface area contributed by atoms with Gasteiger partial charge in [0, 0.05) is 11.8 Å². The molecule has 0 atom stereocenters. The molecule has 4 aromatic rings. The molecule has 0 radical (unpaired) electrons. The summed E-state index contributed by atoms with van der Waals surface area (Å²) in [6, 6.07) is 29.0. The van der Waals surface area contributed by atoms with Crippen LogP contribution in [0, 0.1) is 0 Å². The molecule has 0 amide bonds. The summed E-state index contributed by atoms with van der Waals surface area (Å²) >= 11 is 0. The Morgan fingerprint density at radius 2 is 1.03 bits per heavy atom. The molecule has 0 aliphatic heterocycles. The predicted octanol–water partition coefficient (Wildman–Crippen LogP) is 6.89. The van der Waals surface area contributed by atoms with E-state index in [0.29, 0.717) is 12.2 Å². The van der Waals surface area contributed by atoms with Gasteiger partial charge in [-0.25, -0.2) is 0 Å². The van der Waals surface area contributed by atoms with E-state index < -0.39 is 0 Å². The fraction of sp³-hybridized carbons (Fsp3) is 0.200. The van der Waals surface area contributed by atoms with E-state index >= 15 is 0 Å². The van der Waals surface area contributed by atoms with Crippen LogP contribution in [0.25, 0.3) is 0 Å². The molecule has 0 fully saturated rings. The molecule has 0 bridgehead atoms. The lowest BCUT2D eigenvalue weighted by Crippen LogP contribution is -2.23.